The number of para-hydroxylation sites is 2. The van der Waals surface area contributed by atoms with Gasteiger partial charge in [0.1, 0.15) is 11.6 Å². The average molecular weight is 581 g/mol. The predicted molar refractivity (Wildman–Crippen MR) is 157 cm³/mol. The van der Waals surface area contributed by atoms with Gasteiger partial charge in [0.25, 0.3) is 5.69 Å². The number of rotatable bonds is 13. The van der Waals surface area contributed by atoms with E-state index in [1.807, 2.05) is 41.0 Å². The molecule has 0 radical (unpaired) electrons. The van der Waals surface area contributed by atoms with Crippen LogP contribution >= 0.6 is 11.6 Å². The standard InChI is InChI=1S/C30H33ClN4O6/c1-19(15-20-10-12-26(40-3)30(41-4)29(20)31)9-14-28(36)32-17-27-33-23-7-5-6-8-24(23)34(27)18-21-16-22(35(37)38)11-13-25(21)39-2/h5-8,10-13,16,19H,9,14-15,17-18H2,1-4H3,(H,32,36). The lowest BCUT2D eigenvalue weighted by Gasteiger charge is -2.16. The summed E-state index contributed by atoms with van der Waals surface area (Å²) in [5.74, 6) is 2.35. The molecule has 0 fully saturated rings. The molecule has 1 atom stereocenters. The SMILES string of the molecule is COc1ccc([N+](=O)[O-])cc1Cn1c(CNC(=O)CCC(C)Cc2ccc(OC)c(OC)c2Cl)nc2ccccc21. The van der Waals surface area contributed by atoms with Crippen LogP contribution in [0.1, 0.15) is 36.7 Å². The van der Waals surface area contributed by atoms with Crippen LogP contribution in [0.2, 0.25) is 5.02 Å². The second-order valence-corrected chi connectivity index (χ2v) is 10.1. The van der Waals surface area contributed by atoms with Crippen molar-refractivity contribution < 1.29 is 23.9 Å². The van der Waals surface area contributed by atoms with Crippen LogP contribution in [0.3, 0.4) is 0 Å². The van der Waals surface area contributed by atoms with Gasteiger partial charge in [-0.05, 0) is 48.6 Å². The number of hydrogen-bond donors (Lipinski definition) is 1. The van der Waals surface area contributed by atoms with E-state index in [0.717, 1.165) is 16.6 Å². The van der Waals surface area contributed by atoms with Crippen LogP contribution in [0, 0.1) is 16.0 Å². The molecule has 0 aliphatic heterocycles. The van der Waals surface area contributed by atoms with E-state index < -0.39 is 4.92 Å². The number of carbonyl (C=O) groups is 1. The summed E-state index contributed by atoms with van der Waals surface area (Å²) >= 11 is 6.53. The van der Waals surface area contributed by atoms with Crippen LogP contribution in [0.25, 0.3) is 11.0 Å². The van der Waals surface area contributed by atoms with E-state index >= 15 is 0 Å². The normalized spacial score (nSPS) is 11.7. The molecule has 0 bridgehead atoms. The van der Waals surface area contributed by atoms with Crippen molar-refractivity contribution in [1.29, 1.82) is 0 Å². The lowest BCUT2D eigenvalue weighted by atomic mass is 9.96. The Labute approximate surface area is 243 Å². The van der Waals surface area contributed by atoms with Gasteiger partial charge >= 0.3 is 0 Å². The van der Waals surface area contributed by atoms with Gasteiger partial charge in [-0.3, -0.25) is 14.9 Å². The Morgan fingerprint density at radius 1 is 1.05 bits per heavy atom. The maximum absolute atomic E-state index is 12.8. The number of hydrogen-bond acceptors (Lipinski definition) is 7. The molecule has 4 rings (SSSR count). The van der Waals surface area contributed by atoms with E-state index in [1.165, 1.54) is 19.2 Å². The fraction of sp³-hybridized carbons (Fsp3) is 0.333. The van der Waals surface area contributed by atoms with Gasteiger partial charge in [-0.1, -0.05) is 36.7 Å². The summed E-state index contributed by atoms with van der Waals surface area (Å²) in [6.07, 6.45) is 1.69. The summed E-state index contributed by atoms with van der Waals surface area (Å²) in [6, 6.07) is 15.9. The molecule has 0 spiro atoms. The first-order valence-electron chi connectivity index (χ1n) is 13.2. The Morgan fingerprint density at radius 2 is 1.78 bits per heavy atom. The molecule has 4 aromatic rings. The molecule has 10 nitrogen and oxygen atoms in total. The Balaban J connectivity index is 1.43. The number of nitrogens with zero attached hydrogens (tertiary/aromatic N) is 3. The first kappa shape index (κ1) is 29.7. The van der Waals surface area contributed by atoms with Gasteiger partial charge < -0.3 is 24.1 Å². The number of carbonyl (C=O) groups excluding carboxylic acids is 1. The lowest BCUT2D eigenvalue weighted by Crippen LogP contribution is -2.25. The van der Waals surface area contributed by atoms with Crippen molar-refractivity contribution in [3.63, 3.8) is 0 Å². The van der Waals surface area contributed by atoms with Gasteiger partial charge in [0.2, 0.25) is 5.91 Å². The smallest absolute Gasteiger partial charge is 0.270 e. The Kier molecular flexibility index (Phi) is 9.67. The van der Waals surface area contributed by atoms with E-state index in [9.17, 15) is 14.9 Å². The van der Waals surface area contributed by atoms with Crippen LogP contribution in [-0.2, 0) is 24.3 Å². The third-order valence-corrected chi connectivity index (χ3v) is 7.39. The predicted octanol–water partition coefficient (Wildman–Crippen LogP) is 5.95. The molecular formula is C30H33ClN4O6. The number of nitro benzene ring substituents is 1. The van der Waals surface area contributed by atoms with Crippen molar-refractivity contribution in [2.24, 2.45) is 5.92 Å². The second-order valence-electron chi connectivity index (χ2n) is 9.76. The molecule has 216 valence electrons. The molecule has 0 saturated carbocycles. The number of ether oxygens (including phenoxy) is 3. The number of imidazole rings is 1. The van der Waals surface area contributed by atoms with Crippen LogP contribution in [-0.4, -0.2) is 41.7 Å². The van der Waals surface area contributed by atoms with Gasteiger partial charge in [0.05, 0.1) is 55.4 Å². The summed E-state index contributed by atoms with van der Waals surface area (Å²) in [5, 5.41) is 14.9. The second kappa shape index (κ2) is 13.4. The molecule has 1 N–H and O–H groups in total. The highest BCUT2D eigenvalue weighted by molar-refractivity contribution is 6.33. The van der Waals surface area contributed by atoms with Gasteiger partial charge in [0.15, 0.2) is 11.5 Å². The quantitative estimate of drug-likeness (QED) is 0.153. The van der Waals surface area contributed by atoms with E-state index in [-0.39, 0.29) is 24.1 Å². The lowest BCUT2D eigenvalue weighted by molar-refractivity contribution is -0.384. The third kappa shape index (κ3) is 6.89. The molecule has 1 unspecified atom stereocenters. The highest BCUT2D eigenvalue weighted by Crippen LogP contribution is 2.38. The highest BCUT2D eigenvalue weighted by atomic mass is 35.5. The number of nitro groups is 1. The number of benzene rings is 3. The third-order valence-electron chi connectivity index (χ3n) is 6.98. The van der Waals surface area contributed by atoms with Gasteiger partial charge in [-0.25, -0.2) is 4.98 Å². The number of fused-ring (bicyclic) bond motifs is 1. The highest BCUT2D eigenvalue weighted by Gasteiger charge is 2.18. The molecule has 41 heavy (non-hydrogen) atoms. The first-order valence-corrected chi connectivity index (χ1v) is 13.5. The number of methoxy groups -OCH3 is 3. The maximum atomic E-state index is 12.8. The number of amides is 1. The van der Waals surface area contributed by atoms with Gasteiger partial charge in [-0.15, -0.1) is 0 Å². The molecule has 0 saturated heterocycles. The molecule has 11 heteroatoms. The van der Waals surface area contributed by atoms with Crippen molar-refractivity contribution >= 4 is 34.2 Å². The zero-order chi connectivity index (χ0) is 29.5. The minimum absolute atomic E-state index is 0.0245. The fourth-order valence-electron chi connectivity index (χ4n) is 4.82. The van der Waals surface area contributed by atoms with E-state index in [1.54, 1.807) is 20.3 Å². The summed E-state index contributed by atoms with van der Waals surface area (Å²) < 4.78 is 18.1. The Morgan fingerprint density at radius 3 is 2.49 bits per heavy atom. The van der Waals surface area contributed by atoms with Crippen LogP contribution < -0.4 is 19.5 Å². The molecule has 0 aliphatic carbocycles. The maximum Gasteiger partial charge on any atom is 0.270 e. The first-order chi connectivity index (χ1) is 19.7. The van der Waals surface area contributed by atoms with Crippen molar-refractivity contribution in [1.82, 2.24) is 14.9 Å². The summed E-state index contributed by atoms with van der Waals surface area (Å²) in [5.41, 5.74) is 3.17. The van der Waals surface area contributed by atoms with E-state index in [4.69, 9.17) is 30.8 Å². The van der Waals surface area contributed by atoms with Crippen molar-refractivity contribution in [3.05, 3.63) is 86.7 Å². The topological polar surface area (TPSA) is 118 Å². The molecule has 1 amide bonds. The van der Waals surface area contributed by atoms with Crippen molar-refractivity contribution in [3.8, 4) is 17.2 Å². The minimum Gasteiger partial charge on any atom is -0.496 e. The average Bonchev–Trinajstić information content (AvgIpc) is 3.32. The molecular weight excluding hydrogens is 548 g/mol. The number of nitrogens with one attached hydrogen (secondary N) is 1. The largest absolute Gasteiger partial charge is 0.496 e. The molecule has 1 aromatic heterocycles. The number of non-ortho nitro benzene ring substituents is 1. The number of aromatic nitrogens is 2. The fourth-order valence-corrected chi connectivity index (χ4v) is 5.13. The zero-order valence-electron chi connectivity index (χ0n) is 23.5. The van der Waals surface area contributed by atoms with Gasteiger partial charge in [-0.2, -0.15) is 0 Å². The summed E-state index contributed by atoms with van der Waals surface area (Å²) in [7, 11) is 4.64. The number of halogens is 1. The molecule has 3 aromatic carbocycles. The monoisotopic (exact) mass is 580 g/mol. The van der Waals surface area contributed by atoms with Crippen molar-refractivity contribution in [2.45, 2.75) is 39.3 Å². The zero-order valence-corrected chi connectivity index (χ0v) is 24.2. The summed E-state index contributed by atoms with van der Waals surface area (Å²) in [4.78, 5) is 28.5. The Bertz CT molecular complexity index is 1550. The van der Waals surface area contributed by atoms with E-state index in [0.29, 0.717) is 59.5 Å². The molecule has 1 heterocycles. The Hall–Kier alpha value is -4.31. The summed E-state index contributed by atoms with van der Waals surface area (Å²) in [6.45, 7) is 2.58. The molecule has 0 aliphatic rings. The van der Waals surface area contributed by atoms with Gasteiger partial charge in [0, 0.05) is 24.1 Å². The van der Waals surface area contributed by atoms with Crippen LogP contribution in [0.5, 0.6) is 17.2 Å². The van der Waals surface area contributed by atoms with Crippen molar-refractivity contribution in [2.75, 3.05) is 21.3 Å². The van der Waals surface area contributed by atoms with E-state index in [2.05, 4.69) is 12.2 Å². The minimum atomic E-state index is -0.434. The van der Waals surface area contributed by atoms with Crippen LogP contribution in [0.4, 0.5) is 5.69 Å². The van der Waals surface area contributed by atoms with Crippen LogP contribution in [0.15, 0.2) is 54.6 Å².